The van der Waals surface area contributed by atoms with Crippen LogP contribution in [0.4, 0.5) is 0 Å². The second kappa shape index (κ2) is 14.7. The van der Waals surface area contributed by atoms with Crippen LogP contribution in [0.25, 0.3) is 0 Å². The molecule has 108 valence electrons. The third-order valence-electron chi connectivity index (χ3n) is 3.17. The summed E-state index contributed by atoms with van der Waals surface area (Å²) < 4.78 is 0. The van der Waals surface area contributed by atoms with E-state index in [9.17, 15) is 0 Å². The van der Waals surface area contributed by atoms with Crippen LogP contribution in [0, 0.1) is 0 Å². The van der Waals surface area contributed by atoms with Crippen LogP contribution in [-0.2, 0) is 0 Å². The maximum absolute atomic E-state index is 8.35. The Hall–Kier alpha value is -0.380. The van der Waals surface area contributed by atoms with Crippen molar-refractivity contribution in [3.63, 3.8) is 0 Å². The summed E-state index contributed by atoms with van der Waals surface area (Å²) in [7, 11) is 3.96. The highest BCUT2D eigenvalue weighted by Crippen LogP contribution is 2.19. The molecule has 0 saturated carbocycles. The Balaban J connectivity index is 0.000000331. The van der Waals surface area contributed by atoms with Gasteiger partial charge < -0.3 is 15.7 Å². The van der Waals surface area contributed by atoms with Crippen molar-refractivity contribution in [3.05, 3.63) is 11.6 Å². The highest BCUT2D eigenvalue weighted by atomic mass is 16.2. The van der Waals surface area contributed by atoms with Crippen molar-refractivity contribution in [2.45, 2.75) is 51.4 Å². The molecule has 0 aromatic carbocycles. The van der Waals surface area contributed by atoms with Gasteiger partial charge in [-0.3, -0.25) is 0 Å². The van der Waals surface area contributed by atoms with E-state index in [1.165, 1.54) is 38.5 Å². The van der Waals surface area contributed by atoms with Crippen molar-refractivity contribution >= 4 is 0 Å². The summed E-state index contributed by atoms with van der Waals surface area (Å²) in [4.78, 5) is 0. The molecule has 3 nitrogen and oxygen atoms in total. The van der Waals surface area contributed by atoms with Crippen LogP contribution in [0.15, 0.2) is 11.6 Å². The maximum Gasteiger partial charge on any atom is 0.0431 e. The second-order valence-corrected chi connectivity index (χ2v) is 4.85. The fraction of sp³-hybridized carbons (Fsp3) is 0.867. The lowest BCUT2D eigenvalue weighted by Gasteiger charge is -2.11. The molecule has 3 heteroatoms. The SMILES string of the molecule is CNCCC1=CCCCC1.CNCCCCCO. The zero-order chi connectivity index (χ0) is 13.5. The first-order valence-corrected chi connectivity index (χ1v) is 7.43. The molecule has 0 aliphatic heterocycles. The van der Waals surface area contributed by atoms with Crippen LogP contribution in [0.1, 0.15) is 51.4 Å². The van der Waals surface area contributed by atoms with E-state index >= 15 is 0 Å². The molecule has 1 aliphatic carbocycles. The van der Waals surface area contributed by atoms with E-state index in [4.69, 9.17) is 5.11 Å². The van der Waals surface area contributed by atoms with Gasteiger partial charge in [-0.05, 0) is 78.6 Å². The van der Waals surface area contributed by atoms with Gasteiger partial charge in [0.15, 0.2) is 0 Å². The van der Waals surface area contributed by atoms with Crippen molar-refractivity contribution in [2.75, 3.05) is 33.8 Å². The number of hydrogen-bond acceptors (Lipinski definition) is 3. The molecule has 0 aromatic rings. The molecule has 0 bridgehead atoms. The summed E-state index contributed by atoms with van der Waals surface area (Å²) in [6.45, 7) is 2.55. The lowest BCUT2D eigenvalue weighted by Crippen LogP contribution is -2.09. The predicted molar refractivity (Wildman–Crippen MR) is 80.0 cm³/mol. The van der Waals surface area contributed by atoms with Crippen molar-refractivity contribution in [3.8, 4) is 0 Å². The standard InChI is InChI=1S/C9H17N.C6H15NO/c1-10-8-7-9-5-3-2-4-6-9;1-7-5-3-2-4-6-8/h5,10H,2-4,6-8H2,1H3;7-8H,2-6H2,1H3. The largest absolute Gasteiger partial charge is 0.396 e. The molecule has 1 aliphatic rings. The van der Waals surface area contributed by atoms with E-state index in [1.807, 2.05) is 14.1 Å². The fourth-order valence-electron chi connectivity index (χ4n) is 2.01. The normalized spacial score (nSPS) is 14.7. The Morgan fingerprint density at radius 2 is 1.83 bits per heavy atom. The number of unbranched alkanes of at least 4 members (excludes halogenated alkanes) is 2. The van der Waals surface area contributed by atoms with Gasteiger partial charge in [0.2, 0.25) is 0 Å². The Labute approximate surface area is 113 Å². The van der Waals surface area contributed by atoms with Gasteiger partial charge in [0.25, 0.3) is 0 Å². The summed E-state index contributed by atoms with van der Waals surface area (Å²) in [5, 5.41) is 14.6. The first kappa shape index (κ1) is 17.6. The summed E-state index contributed by atoms with van der Waals surface area (Å²) in [5.41, 5.74) is 1.67. The lowest BCUT2D eigenvalue weighted by atomic mass is 9.97. The van der Waals surface area contributed by atoms with Crippen LogP contribution < -0.4 is 10.6 Å². The molecule has 0 aromatic heterocycles. The molecule has 0 saturated heterocycles. The monoisotopic (exact) mass is 256 g/mol. The first-order chi connectivity index (χ1) is 8.85. The zero-order valence-corrected chi connectivity index (χ0v) is 12.3. The van der Waals surface area contributed by atoms with E-state index in [-0.39, 0.29) is 0 Å². The number of allylic oxidation sites excluding steroid dienone is 1. The smallest absolute Gasteiger partial charge is 0.0431 e. The highest BCUT2D eigenvalue weighted by molar-refractivity contribution is 5.04. The Kier molecular flexibility index (Phi) is 14.4. The summed E-state index contributed by atoms with van der Waals surface area (Å²) in [5.74, 6) is 0. The zero-order valence-electron chi connectivity index (χ0n) is 12.3. The molecular weight excluding hydrogens is 224 g/mol. The van der Waals surface area contributed by atoms with Crippen molar-refractivity contribution in [1.82, 2.24) is 10.6 Å². The molecule has 18 heavy (non-hydrogen) atoms. The van der Waals surface area contributed by atoms with Gasteiger partial charge in [-0.15, -0.1) is 0 Å². The summed E-state index contributed by atoms with van der Waals surface area (Å²) >= 11 is 0. The third-order valence-corrected chi connectivity index (χ3v) is 3.17. The average molecular weight is 256 g/mol. The molecule has 0 spiro atoms. The van der Waals surface area contributed by atoms with Gasteiger partial charge in [0.1, 0.15) is 0 Å². The van der Waals surface area contributed by atoms with Gasteiger partial charge in [-0.1, -0.05) is 11.6 Å². The van der Waals surface area contributed by atoms with E-state index in [0.29, 0.717) is 6.61 Å². The molecule has 0 amide bonds. The minimum atomic E-state index is 0.337. The number of aliphatic hydroxyl groups is 1. The third kappa shape index (κ3) is 12.1. The van der Waals surface area contributed by atoms with Crippen LogP contribution in [-0.4, -0.2) is 38.9 Å². The van der Waals surface area contributed by atoms with E-state index in [2.05, 4.69) is 16.7 Å². The van der Waals surface area contributed by atoms with E-state index < -0.39 is 0 Å². The molecule has 1 rings (SSSR count). The minimum absolute atomic E-state index is 0.337. The second-order valence-electron chi connectivity index (χ2n) is 4.85. The number of aliphatic hydroxyl groups excluding tert-OH is 1. The van der Waals surface area contributed by atoms with E-state index in [1.54, 1.807) is 5.57 Å². The Morgan fingerprint density at radius 3 is 2.39 bits per heavy atom. The Morgan fingerprint density at radius 1 is 1.06 bits per heavy atom. The van der Waals surface area contributed by atoms with Gasteiger partial charge in [0.05, 0.1) is 0 Å². The van der Waals surface area contributed by atoms with Gasteiger partial charge >= 0.3 is 0 Å². The molecule has 3 N–H and O–H groups in total. The van der Waals surface area contributed by atoms with Crippen molar-refractivity contribution < 1.29 is 5.11 Å². The van der Waals surface area contributed by atoms with Gasteiger partial charge in [-0.2, -0.15) is 0 Å². The topological polar surface area (TPSA) is 44.3 Å². The van der Waals surface area contributed by atoms with E-state index in [0.717, 1.165) is 25.9 Å². The molecule has 0 radical (unpaired) electrons. The number of hydrogen-bond donors (Lipinski definition) is 3. The molecule has 0 heterocycles. The number of nitrogens with one attached hydrogen (secondary N) is 2. The average Bonchev–Trinajstić information content (AvgIpc) is 2.43. The van der Waals surface area contributed by atoms with Crippen LogP contribution in [0.3, 0.4) is 0 Å². The fourth-order valence-corrected chi connectivity index (χ4v) is 2.01. The van der Waals surface area contributed by atoms with Crippen LogP contribution in [0.2, 0.25) is 0 Å². The highest BCUT2D eigenvalue weighted by Gasteiger charge is 2.01. The molecular formula is C15H32N2O. The molecule has 0 unspecified atom stereocenters. The minimum Gasteiger partial charge on any atom is -0.396 e. The van der Waals surface area contributed by atoms with Crippen molar-refractivity contribution in [1.29, 1.82) is 0 Å². The molecule has 0 atom stereocenters. The summed E-state index contributed by atoms with van der Waals surface area (Å²) in [6, 6.07) is 0. The van der Waals surface area contributed by atoms with Gasteiger partial charge in [-0.25, -0.2) is 0 Å². The van der Waals surface area contributed by atoms with Gasteiger partial charge in [0, 0.05) is 6.61 Å². The quantitative estimate of drug-likeness (QED) is 0.462. The summed E-state index contributed by atoms with van der Waals surface area (Å²) in [6.07, 6.45) is 12.4. The lowest BCUT2D eigenvalue weighted by molar-refractivity contribution is 0.283. The first-order valence-electron chi connectivity index (χ1n) is 7.43. The maximum atomic E-state index is 8.35. The predicted octanol–water partition coefficient (Wildman–Crippen LogP) is 2.46. The Bertz CT molecular complexity index is 187. The molecule has 0 fully saturated rings. The number of rotatable bonds is 8. The van der Waals surface area contributed by atoms with Crippen LogP contribution in [0.5, 0.6) is 0 Å². The van der Waals surface area contributed by atoms with Crippen molar-refractivity contribution in [2.24, 2.45) is 0 Å². The van der Waals surface area contributed by atoms with Crippen LogP contribution >= 0.6 is 0 Å².